The molecular formula is C16H24O2. The molecule has 1 saturated carbocycles. The Kier molecular flexibility index (Phi) is 4.05. The van der Waals surface area contributed by atoms with Crippen LogP contribution in [-0.4, -0.2) is 5.97 Å². The lowest BCUT2D eigenvalue weighted by molar-refractivity contribution is -0.161. The average Bonchev–Trinajstić information content (AvgIpc) is 2.40. The SMILES string of the molecule is C[C@H]1CCCC[C@@]1(C)C(=O)OCc1ccccc1.[HH]. The van der Waals surface area contributed by atoms with Crippen LogP contribution >= 0.6 is 0 Å². The molecule has 0 spiro atoms. The van der Waals surface area contributed by atoms with Crippen molar-refractivity contribution >= 4 is 5.97 Å². The van der Waals surface area contributed by atoms with Crippen molar-refractivity contribution in [1.29, 1.82) is 0 Å². The predicted octanol–water partition coefficient (Wildman–Crippen LogP) is 4.19. The van der Waals surface area contributed by atoms with Gasteiger partial charge in [0.1, 0.15) is 6.61 Å². The summed E-state index contributed by atoms with van der Waals surface area (Å²) in [5, 5.41) is 0. The van der Waals surface area contributed by atoms with Gasteiger partial charge in [0.25, 0.3) is 0 Å². The number of benzene rings is 1. The first-order valence-corrected chi connectivity index (χ1v) is 6.84. The molecule has 0 aromatic heterocycles. The Hall–Kier alpha value is -1.31. The average molecular weight is 248 g/mol. The van der Waals surface area contributed by atoms with E-state index < -0.39 is 0 Å². The first kappa shape index (κ1) is 13.1. The van der Waals surface area contributed by atoms with E-state index in [4.69, 9.17) is 4.74 Å². The standard InChI is InChI=1S/C16H22O2.H2/c1-13-8-6-7-11-16(13,2)15(17)18-12-14-9-4-3-5-10-14;/h3-5,9-10,13H,6-8,11-12H2,1-2H3;1H/t13-,16+;/m0./s1. The van der Waals surface area contributed by atoms with Gasteiger partial charge in [-0.15, -0.1) is 0 Å². The van der Waals surface area contributed by atoms with Crippen LogP contribution in [0.4, 0.5) is 0 Å². The van der Waals surface area contributed by atoms with Gasteiger partial charge in [0.2, 0.25) is 0 Å². The summed E-state index contributed by atoms with van der Waals surface area (Å²) >= 11 is 0. The van der Waals surface area contributed by atoms with Gasteiger partial charge in [-0.3, -0.25) is 4.79 Å². The fraction of sp³-hybridized carbons (Fsp3) is 0.562. The lowest BCUT2D eigenvalue weighted by Crippen LogP contribution is -2.38. The second-order valence-corrected chi connectivity index (χ2v) is 5.63. The van der Waals surface area contributed by atoms with Crippen molar-refractivity contribution < 1.29 is 11.0 Å². The maximum Gasteiger partial charge on any atom is 0.312 e. The Labute approximate surface area is 111 Å². The van der Waals surface area contributed by atoms with Gasteiger partial charge in [0, 0.05) is 1.43 Å². The number of rotatable bonds is 3. The second-order valence-electron chi connectivity index (χ2n) is 5.63. The number of carbonyl (C=O) groups excluding carboxylic acids is 1. The molecule has 1 aliphatic carbocycles. The normalized spacial score (nSPS) is 27.8. The smallest absolute Gasteiger partial charge is 0.312 e. The van der Waals surface area contributed by atoms with Crippen molar-refractivity contribution in [3.05, 3.63) is 35.9 Å². The molecule has 0 aliphatic heterocycles. The third-order valence-electron chi connectivity index (χ3n) is 4.35. The predicted molar refractivity (Wildman–Crippen MR) is 74.1 cm³/mol. The molecule has 0 unspecified atom stereocenters. The molecule has 100 valence electrons. The summed E-state index contributed by atoms with van der Waals surface area (Å²) in [4.78, 5) is 12.3. The lowest BCUT2D eigenvalue weighted by Gasteiger charge is -2.37. The number of carbonyl (C=O) groups is 1. The molecule has 2 atom stereocenters. The fourth-order valence-corrected chi connectivity index (χ4v) is 2.70. The highest BCUT2D eigenvalue weighted by Gasteiger charge is 2.41. The van der Waals surface area contributed by atoms with Crippen LogP contribution in [0.2, 0.25) is 0 Å². The maximum atomic E-state index is 12.3. The molecule has 0 saturated heterocycles. The minimum atomic E-state index is -0.285. The fourth-order valence-electron chi connectivity index (χ4n) is 2.70. The van der Waals surface area contributed by atoms with Crippen LogP contribution < -0.4 is 0 Å². The summed E-state index contributed by atoms with van der Waals surface area (Å²) < 4.78 is 5.50. The second kappa shape index (κ2) is 5.55. The molecular weight excluding hydrogens is 224 g/mol. The van der Waals surface area contributed by atoms with E-state index in [0.29, 0.717) is 12.5 Å². The van der Waals surface area contributed by atoms with Crippen LogP contribution in [0, 0.1) is 11.3 Å². The lowest BCUT2D eigenvalue weighted by atomic mass is 9.68. The number of esters is 1. The zero-order chi connectivity index (χ0) is 13.0. The van der Waals surface area contributed by atoms with Gasteiger partial charge in [0.05, 0.1) is 5.41 Å². The molecule has 0 heterocycles. The Balaban J connectivity index is 0.00000180. The molecule has 2 rings (SSSR count). The molecule has 1 aliphatic rings. The van der Waals surface area contributed by atoms with Crippen molar-refractivity contribution in [2.75, 3.05) is 0 Å². The largest absolute Gasteiger partial charge is 0.460 e. The third kappa shape index (κ3) is 2.74. The summed E-state index contributed by atoms with van der Waals surface area (Å²) in [5.74, 6) is 0.396. The van der Waals surface area contributed by atoms with Gasteiger partial charge in [-0.05, 0) is 31.2 Å². The van der Waals surface area contributed by atoms with Crippen LogP contribution in [0.25, 0.3) is 0 Å². The van der Waals surface area contributed by atoms with Crippen LogP contribution in [0.5, 0.6) is 0 Å². The van der Waals surface area contributed by atoms with Gasteiger partial charge in [-0.1, -0.05) is 50.1 Å². The van der Waals surface area contributed by atoms with Crippen LogP contribution in [0.15, 0.2) is 30.3 Å². The van der Waals surface area contributed by atoms with Crippen LogP contribution in [0.3, 0.4) is 0 Å². The van der Waals surface area contributed by atoms with E-state index in [1.807, 2.05) is 30.3 Å². The number of ether oxygens (including phenoxy) is 1. The van der Waals surface area contributed by atoms with Crippen molar-refractivity contribution in [1.82, 2.24) is 0 Å². The number of hydrogen-bond donors (Lipinski definition) is 0. The van der Waals surface area contributed by atoms with Crippen molar-refractivity contribution in [2.45, 2.75) is 46.1 Å². The molecule has 0 N–H and O–H groups in total. The summed E-state index contributed by atoms with van der Waals surface area (Å²) in [6.45, 7) is 4.62. The van der Waals surface area contributed by atoms with E-state index >= 15 is 0 Å². The van der Waals surface area contributed by atoms with Gasteiger partial charge >= 0.3 is 5.97 Å². The molecule has 18 heavy (non-hydrogen) atoms. The van der Waals surface area contributed by atoms with Gasteiger partial charge < -0.3 is 4.74 Å². The van der Waals surface area contributed by atoms with E-state index in [1.165, 1.54) is 6.42 Å². The Morgan fingerprint density at radius 1 is 1.39 bits per heavy atom. The zero-order valence-electron chi connectivity index (χ0n) is 11.3. The molecule has 0 bridgehead atoms. The first-order valence-electron chi connectivity index (χ1n) is 6.84. The molecule has 0 radical (unpaired) electrons. The van der Waals surface area contributed by atoms with Crippen molar-refractivity contribution in [3.8, 4) is 0 Å². The first-order chi connectivity index (χ1) is 8.63. The Morgan fingerprint density at radius 2 is 2.11 bits per heavy atom. The van der Waals surface area contributed by atoms with E-state index in [-0.39, 0.29) is 12.8 Å². The molecule has 2 heteroatoms. The topological polar surface area (TPSA) is 26.3 Å². The van der Waals surface area contributed by atoms with E-state index in [0.717, 1.165) is 24.8 Å². The Morgan fingerprint density at radius 3 is 2.78 bits per heavy atom. The summed E-state index contributed by atoms with van der Waals surface area (Å²) in [7, 11) is 0. The highest BCUT2D eigenvalue weighted by molar-refractivity contribution is 5.76. The highest BCUT2D eigenvalue weighted by Crippen LogP contribution is 2.41. The minimum Gasteiger partial charge on any atom is -0.460 e. The molecule has 1 fully saturated rings. The molecule has 1 aromatic carbocycles. The minimum absolute atomic E-state index is 0. The summed E-state index contributed by atoms with van der Waals surface area (Å²) in [6.07, 6.45) is 4.47. The van der Waals surface area contributed by atoms with Gasteiger partial charge in [-0.25, -0.2) is 0 Å². The molecule has 0 amide bonds. The van der Waals surface area contributed by atoms with Crippen molar-refractivity contribution in [3.63, 3.8) is 0 Å². The highest BCUT2D eigenvalue weighted by atomic mass is 16.5. The summed E-state index contributed by atoms with van der Waals surface area (Å²) in [5.41, 5.74) is 0.769. The molecule has 1 aromatic rings. The summed E-state index contributed by atoms with van der Waals surface area (Å²) in [6, 6.07) is 9.87. The van der Waals surface area contributed by atoms with Crippen LogP contribution in [-0.2, 0) is 16.1 Å². The van der Waals surface area contributed by atoms with Crippen LogP contribution in [0.1, 0.15) is 46.5 Å². The zero-order valence-corrected chi connectivity index (χ0v) is 11.3. The maximum absolute atomic E-state index is 12.3. The third-order valence-corrected chi connectivity index (χ3v) is 4.35. The van der Waals surface area contributed by atoms with Gasteiger partial charge in [0.15, 0.2) is 0 Å². The number of hydrogen-bond acceptors (Lipinski definition) is 2. The quantitative estimate of drug-likeness (QED) is 0.750. The van der Waals surface area contributed by atoms with Gasteiger partial charge in [-0.2, -0.15) is 0 Å². The van der Waals surface area contributed by atoms with E-state index in [9.17, 15) is 4.79 Å². The van der Waals surface area contributed by atoms with Crippen molar-refractivity contribution in [2.24, 2.45) is 11.3 Å². The van der Waals surface area contributed by atoms with E-state index in [1.54, 1.807) is 0 Å². The Bertz CT molecular complexity index is 404. The van der Waals surface area contributed by atoms with E-state index in [2.05, 4.69) is 13.8 Å². The molecule has 2 nitrogen and oxygen atoms in total. The monoisotopic (exact) mass is 248 g/mol.